The minimum atomic E-state index is -5.58. The summed E-state index contributed by atoms with van der Waals surface area (Å²) >= 11 is 0. The van der Waals surface area contributed by atoms with E-state index >= 15 is 0 Å². The van der Waals surface area contributed by atoms with Gasteiger partial charge < -0.3 is 0 Å². The van der Waals surface area contributed by atoms with Gasteiger partial charge in [0.25, 0.3) is 0 Å². The van der Waals surface area contributed by atoms with Crippen LogP contribution in [0, 0.1) is 23.3 Å². The first-order chi connectivity index (χ1) is 7.21. The summed E-state index contributed by atoms with van der Waals surface area (Å²) in [4.78, 5) is 0. The molecule has 16 heavy (non-hydrogen) atoms. The largest absolute Gasteiger partial charge is 0.422 e. The Hall–Kier alpha value is -1.34. The molecule has 90 valence electrons. The highest BCUT2D eigenvalue weighted by atomic mass is 19.4. The molecule has 0 bridgehead atoms. The molecule has 0 N–H and O–H groups in total. The highest BCUT2D eigenvalue weighted by Gasteiger charge is 2.42. The Morgan fingerprint density at radius 3 is 1.62 bits per heavy atom. The molecule has 0 amide bonds. The molecule has 1 aromatic carbocycles. The Balaban J connectivity index is 3.69. The van der Waals surface area contributed by atoms with Crippen molar-refractivity contribution in [1.29, 1.82) is 0 Å². The number of rotatable bonds is 1. The fourth-order valence-electron chi connectivity index (χ4n) is 1.05. The molecule has 0 heterocycles. The molecular weight excluding hydrogens is 248 g/mol. The van der Waals surface area contributed by atoms with Crippen LogP contribution in [0.5, 0.6) is 0 Å². The molecule has 0 radical (unpaired) electrons. The molecule has 0 spiro atoms. The lowest BCUT2D eigenvalue weighted by molar-refractivity contribution is -0.143. The van der Waals surface area contributed by atoms with Crippen molar-refractivity contribution in [2.75, 3.05) is 0 Å². The Bertz CT molecular complexity index is 419. The van der Waals surface area contributed by atoms with Crippen molar-refractivity contribution in [3.8, 4) is 0 Å². The van der Waals surface area contributed by atoms with E-state index in [2.05, 4.69) is 0 Å². The van der Waals surface area contributed by atoms with E-state index in [0.717, 1.165) is 0 Å². The smallest absolute Gasteiger partial charge is 0.246 e. The monoisotopic (exact) mass is 250 g/mol. The van der Waals surface area contributed by atoms with Crippen LogP contribution in [0.2, 0.25) is 0 Å². The van der Waals surface area contributed by atoms with Crippen LogP contribution < -0.4 is 0 Å². The quantitative estimate of drug-likeness (QED) is 0.404. The van der Waals surface area contributed by atoms with Gasteiger partial charge in [0.2, 0.25) is 0 Å². The van der Waals surface area contributed by atoms with Gasteiger partial charge in [0, 0.05) is 0 Å². The van der Waals surface area contributed by atoms with E-state index in [1.807, 2.05) is 0 Å². The molecule has 1 rings (SSSR count). The van der Waals surface area contributed by atoms with Gasteiger partial charge in [0.1, 0.15) is 18.1 Å². The van der Waals surface area contributed by atoms with Gasteiger partial charge in [-0.15, -0.1) is 0 Å². The molecular formula is C8H2F8. The average molecular weight is 250 g/mol. The summed E-state index contributed by atoms with van der Waals surface area (Å²) in [6.07, 6.45) is -5.58. The Morgan fingerprint density at radius 1 is 0.750 bits per heavy atom. The van der Waals surface area contributed by atoms with Gasteiger partial charge in [-0.3, -0.25) is 0 Å². The maximum atomic E-state index is 12.9. The Labute approximate surface area is 83.5 Å². The molecule has 0 atom stereocenters. The van der Waals surface area contributed by atoms with Crippen molar-refractivity contribution in [3.63, 3.8) is 0 Å². The summed E-state index contributed by atoms with van der Waals surface area (Å²) in [6.45, 7) is -2.02. The third-order valence-electron chi connectivity index (χ3n) is 1.77. The first-order valence-electron chi connectivity index (χ1n) is 3.69. The SMILES string of the molecule is FCc1c(F)c(F)c(F)c(C(F)(F)F)c1F. The van der Waals surface area contributed by atoms with Crippen LogP contribution >= 0.6 is 0 Å². The molecule has 0 aromatic heterocycles. The van der Waals surface area contributed by atoms with E-state index in [1.54, 1.807) is 0 Å². The molecule has 8 heteroatoms. The first-order valence-corrected chi connectivity index (χ1v) is 3.69. The van der Waals surface area contributed by atoms with Crippen molar-refractivity contribution >= 4 is 0 Å². The fraction of sp³-hybridized carbons (Fsp3) is 0.250. The summed E-state index contributed by atoms with van der Waals surface area (Å²) in [5, 5.41) is 0. The summed E-state index contributed by atoms with van der Waals surface area (Å²) < 4.78 is 98.8. The summed E-state index contributed by atoms with van der Waals surface area (Å²) in [5.41, 5.74) is -4.43. The average Bonchev–Trinajstić information content (AvgIpc) is 2.13. The fourth-order valence-corrected chi connectivity index (χ4v) is 1.05. The van der Waals surface area contributed by atoms with E-state index in [-0.39, 0.29) is 0 Å². The highest BCUT2D eigenvalue weighted by Crippen LogP contribution is 2.37. The van der Waals surface area contributed by atoms with Crippen LogP contribution in [-0.4, -0.2) is 0 Å². The minimum Gasteiger partial charge on any atom is -0.246 e. The predicted octanol–water partition coefficient (Wildman–Crippen LogP) is 3.73. The van der Waals surface area contributed by atoms with Gasteiger partial charge in [-0.2, -0.15) is 13.2 Å². The first kappa shape index (κ1) is 12.7. The van der Waals surface area contributed by atoms with E-state index < -0.39 is 47.2 Å². The standard InChI is InChI=1S/C8H2F8/c9-1-2-4(10)3(8(14,15)16)6(12)7(13)5(2)11/h1H2. The van der Waals surface area contributed by atoms with Gasteiger partial charge in [-0.05, 0) is 0 Å². The second kappa shape index (κ2) is 3.91. The third kappa shape index (κ3) is 1.83. The number of hydrogen-bond donors (Lipinski definition) is 0. The predicted molar refractivity (Wildman–Crippen MR) is 36.1 cm³/mol. The maximum absolute atomic E-state index is 12.9. The van der Waals surface area contributed by atoms with E-state index in [1.165, 1.54) is 0 Å². The van der Waals surface area contributed by atoms with Crippen molar-refractivity contribution in [2.45, 2.75) is 12.9 Å². The zero-order chi connectivity index (χ0) is 12.7. The molecule has 0 saturated carbocycles. The number of halogens is 8. The van der Waals surface area contributed by atoms with Crippen molar-refractivity contribution in [2.24, 2.45) is 0 Å². The van der Waals surface area contributed by atoms with Crippen molar-refractivity contribution in [1.82, 2.24) is 0 Å². The van der Waals surface area contributed by atoms with Gasteiger partial charge >= 0.3 is 6.18 Å². The number of hydrogen-bond acceptors (Lipinski definition) is 0. The van der Waals surface area contributed by atoms with Crippen LogP contribution in [0.25, 0.3) is 0 Å². The third-order valence-corrected chi connectivity index (χ3v) is 1.77. The number of alkyl halides is 4. The van der Waals surface area contributed by atoms with Crippen LogP contribution in [0.1, 0.15) is 11.1 Å². The Kier molecular flexibility index (Phi) is 3.11. The Morgan fingerprint density at radius 2 is 1.25 bits per heavy atom. The molecule has 0 nitrogen and oxygen atoms in total. The maximum Gasteiger partial charge on any atom is 0.422 e. The van der Waals surface area contributed by atoms with Crippen LogP contribution in [0.15, 0.2) is 0 Å². The highest BCUT2D eigenvalue weighted by molar-refractivity contribution is 5.31. The van der Waals surface area contributed by atoms with E-state index in [9.17, 15) is 35.1 Å². The van der Waals surface area contributed by atoms with Crippen LogP contribution in [0.3, 0.4) is 0 Å². The molecule has 0 aliphatic rings. The minimum absolute atomic E-state index is 1.79. The lowest BCUT2D eigenvalue weighted by Crippen LogP contribution is -2.16. The van der Waals surface area contributed by atoms with Crippen LogP contribution in [0.4, 0.5) is 35.1 Å². The normalized spacial score (nSPS) is 12.0. The second-order valence-corrected chi connectivity index (χ2v) is 2.74. The van der Waals surface area contributed by atoms with Gasteiger partial charge in [0.05, 0.1) is 5.56 Å². The van der Waals surface area contributed by atoms with Gasteiger partial charge in [0.15, 0.2) is 17.5 Å². The molecule has 0 aliphatic heterocycles. The molecule has 0 fully saturated rings. The van der Waals surface area contributed by atoms with Gasteiger partial charge in [-0.1, -0.05) is 0 Å². The molecule has 1 aromatic rings. The molecule has 0 saturated heterocycles. The van der Waals surface area contributed by atoms with Crippen molar-refractivity contribution < 1.29 is 35.1 Å². The molecule has 0 unspecified atom stereocenters. The summed E-state index contributed by atoms with van der Waals surface area (Å²) in [6, 6.07) is 0. The van der Waals surface area contributed by atoms with Gasteiger partial charge in [-0.25, -0.2) is 22.0 Å². The van der Waals surface area contributed by atoms with E-state index in [0.29, 0.717) is 0 Å². The topological polar surface area (TPSA) is 0 Å². The van der Waals surface area contributed by atoms with E-state index in [4.69, 9.17) is 0 Å². The van der Waals surface area contributed by atoms with Crippen molar-refractivity contribution in [3.05, 3.63) is 34.4 Å². The lowest BCUT2D eigenvalue weighted by atomic mass is 10.1. The molecule has 0 aliphatic carbocycles. The summed E-state index contributed by atoms with van der Waals surface area (Å²) in [5.74, 6) is -10.1. The number of benzene rings is 1. The zero-order valence-corrected chi connectivity index (χ0v) is 7.23. The zero-order valence-electron chi connectivity index (χ0n) is 7.23. The summed E-state index contributed by atoms with van der Waals surface area (Å²) in [7, 11) is 0. The second-order valence-electron chi connectivity index (χ2n) is 2.74. The lowest BCUT2D eigenvalue weighted by Gasteiger charge is -2.12. The van der Waals surface area contributed by atoms with Crippen LogP contribution in [-0.2, 0) is 12.9 Å².